The average Bonchev–Trinajstić information content (AvgIpc) is 3.35. The second kappa shape index (κ2) is 6.51. The molecule has 3 aromatic rings. The van der Waals surface area contributed by atoms with Gasteiger partial charge in [-0.1, -0.05) is 5.16 Å². The van der Waals surface area contributed by atoms with Crippen LogP contribution in [0, 0.1) is 6.92 Å². The molecule has 0 spiro atoms. The maximum atomic E-state index is 11.8. The van der Waals surface area contributed by atoms with Crippen molar-refractivity contribution in [1.82, 2.24) is 19.7 Å². The summed E-state index contributed by atoms with van der Waals surface area (Å²) >= 11 is 0. The van der Waals surface area contributed by atoms with E-state index in [1.54, 1.807) is 6.20 Å². The minimum Gasteiger partial charge on any atom is -0.335 e. The van der Waals surface area contributed by atoms with Crippen LogP contribution in [0.5, 0.6) is 0 Å². The van der Waals surface area contributed by atoms with Gasteiger partial charge in [-0.3, -0.25) is 4.79 Å². The summed E-state index contributed by atoms with van der Waals surface area (Å²) in [7, 11) is 0. The SMILES string of the molecule is Cc1nccn1CCc1noc(-c2ccc(N3CCCC3=O)cc2)n1. The minimum absolute atomic E-state index is 0.183. The number of amides is 1. The summed E-state index contributed by atoms with van der Waals surface area (Å²) in [6.45, 7) is 3.52. The van der Waals surface area contributed by atoms with Crippen LogP contribution in [-0.4, -0.2) is 32.1 Å². The first-order valence-electron chi connectivity index (χ1n) is 8.42. The molecule has 4 rings (SSSR count). The summed E-state index contributed by atoms with van der Waals surface area (Å²) in [6.07, 6.45) is 5.95. The predicted molar refractivity (Wildman–Crippen MR) is 92.0 cm³/mol. The molecular weight excluding hydrogens is 318 g/mol. The van der Waals surface area contributed by atoms with Gasteiger partial charge in [0.05, 0.1) is 0 Å². The maximum Gasteiger partial charge on any atom is 0.257 e. The lowest BCUT2D eigenvalue weighted by Crippen LogP contribution is -2.23. The molecule has 7 nitrogen and oxygen atoms in total. The zero-order chi connectivity index (χ0) is 17.2. The van der Waals surface area contributed by atoms with Crippen LogP contribution in [0.25, 0.3) is 11.5 Å². The largest absolute Gasteiger partial charge is 0.335 e. The van der Waals surface area contributed by atoms with E-state index >= 15 is 0 Å². The summed E-state index contributed by atoms with van der Waals surface area (Å²) in [6, 6.07) is 7.69. The number of aromatic nitrogens is 4. The third kappa shape index (κ3) is 3.17. The van der Waals surface area contributed by atoms with Gasteiger partial charge in [-0.2, -0.15) is 4.98 Å². The van der Waals surface area contributed by atoms with Crippen LogP contribution in [0.2, 0.25) is 0 Å². The van der Waals surface area contributed by atoms with E-state index in [0.717, 1.165) is 36.6 Å². The fourth-order valence-electron chi connectivity index (χ4n) is 3.04. The predicted octanol–water partition coefficient (Wildman–Crippen LogP) is 2.61. The molecule has 0 radical (unpaired) electrons. The number of carbonyl (C=O) groups excluding carboxylic acids is 1. The van der Waals surface area contributed by atoms with Gasteiger partial charge in [-0.05, 0) is 37.6 Å². The second-order valence-electron chi connectivity index (χ2n) is 6.13. The van der Waals surface area contributed by atoms with Gasteiger partial charge < -0.3 is 14.0 Å². The first kappa shape index (κ1) is 15.6. The highest BCUT2D eigenvalue weighted by molar-refractivity contribution is 5.95. The summed E-state index contributed by atoms with van der Waals surface area (Å²) < 4.78 is 7.42. The van der Waals surface area contributed by atoms with Crippen LogP contribution < -0.4 is 4.90 Å². The van der Waals surface area contributed by atoms with Crippen LogP contribution in [0.1, 0.15) is 24.5 Å². The third-order valence-corrected chi connectivity index (χ3v) is 4.47. The molecule has 1 fully saturated rings. The Balaban J connectivity index is 1.44. The number of hydrogen-bond acceptors (Lipinski definition) is 5. The molecule has 2 aromatic heterocycles. The van der Waals surface area contributed by atoms with Crippen molar-refractivity contribution in [2.24, 2.45) is 0 Å². The molecule has 1 amide bonds. The third-order valence-electron chi connectivity index (χ3n) is 4.47. The average molecular weight is 337 g/mol. The molecule has 1 aliphatic rings. The van der Waals surface area contributed by atoms with Crippen molar-refractivity contribution in [3.8, 4) is 11.5 Å². The molecule has 0 saturated carbocycles. The molecule has 128 valence electrons. The van der Waals surface area contributed by atoms with Gasteiger partial charge in [0.15, 0.2) is 5.82 Å². The van der Waals surface area contributed by atoms with Crippen LogP contribution >= 0.6 is 0 Å². The van der Waals surface area contributed by atoms with Gasteiger partial charge in [0.25, 0.3) is 5.89 Å². The number of anilines is 1. The number of imidazole rings is 1. The first-order chi connectivity index (χ1) is 12.2. The Bertz CT molecular complexity index is 881. The monoisotopic (exact) mass is 337 g/mol. The van der Waals surface area contributed by atoms with Crippen LogP contribution in [0.15, 0.2) is 41.2 Å². The standard InChI is InChI=1S/C18H19N5O2/c1-13-19-9-12-22(13)11-8-16-20-18(25-21-16)14-4-6-15(7-5-14)23-10-2-3-17(23)24/h4-7,9,12H,2-3,8,10-11H2,1H3. The molecule has 0 unspecified atom stereocenters. The van der Waals surface area contributed by atoms with Crippen LogP contribution in [-0.2, 0) is 17.8 Å². The second-order valence-corrected chi connectivity index (χ2v) is 6.13. The quantitative estimate of drug-likeness (QED) is 0.715. The van der Waals surface area contributed by atoms with Gasteiger partial charge >= 0.3 is 0 Å². The highest BCUT2D eigenvalue weighted by Gasteiger charge is 2.21. The number of benzene rings is 1. The number of rotatable bonds is 5. The van der Waals surface area contributed by atoms with Crippen molar-refractivity contribution in [3.63, 3.8) is 0 Å². The van der Waals surface area contributed by atoms with Gasteiger partial charge in [0.2, 0.25) is 5.91 Å². The van der Waals surface area contributed by atoms with Crippen molar-refractivity contribution < 1.29 is 9.32 Å². The number of aryl methyl sites for hydroxylation is 3. The Labute approximate surface area is 145 Å². The lowest BCUT2D eigenvalue weighted by Gasteiger charge is -2.15. The van der Waals surface area contributed by atoms with E-state index in [2.05, 4.69) is 19.7 Å². The van der Waals surface area contributed by atoms with Crippen LogP contribution in [0.3, 0.4) is 0 Å². The van der Waals surface area contributed by atoms with Crippen molar-refractivity contribution >= 4 is 11.6 Å². The molecular formula is C18H19N5O2. The minimum atomic E-state index is 0.183. The first-order valence-corrected chi connectivity index (χ1v) is 8.42. The Morgan fingerprint density at radius 3 is 2.76 bits per heavy atom. The molecule has 1 aliphatic heterocycles. The summed E-state index contributed by atoms with van der Waals surface area (Å²) in [5, 5.41) is 4.05. The lowest BCUT2D eigenvalue weighted by molar-refractivity contribution is -0.117. The molecule has 3 heterocycles. The topological polar surface area (TPSA) is 77.0 Å². The lowest BCUT2D eigenvalue weighted by atomic mass is 10.2. The van der Waals surface area contributed by atoms with Crippen molar-refractivity contribution in [2.75, 3.05) is 11.4 Å². The molecule has 0 aliphatic carbocycles. The molecule has 1 aromatic carbocycles. The molecule has 25 heavy (non-hydrogen) atoms. The van der Waals surface area contributed by atoms with Crippen molar-refractivity contribution in [3.05, 3.63) is 48.3 Å². The summed E-state index contributed by atoms with van der Waals surface area (Å²) in [4.78, 5) is 22.3. The Hall–Kier alpha value is -2.96. The van der Waals surface area contributed by atoms with E-state index in [1.807, 2.05) is 42.3 Å². The fourth-order valence-corrected chi connectivity index (χ4v) is 3.04. The van der Waals surface area contributed by atoms with Gasteiger partial charge in [0.1, 0.15) is 5.82 Å². The maximum absolute atomic E-state index is 11.8. The number of hydrogen-bond donors (Lipinski definition) is 0. The Morgan fingerprint density at radius 1 is 1.24 bits per heavy atom. The van der Waals surface area contributed by atoms with Crippen molar-refractivity contribution in [1.29, 1.82) is 0 Å². The normalized spacial score (nSPS) is 14.4. The van der Waals surface area contributed by atoms with E-state index < -0.39 is 0 Å². The highest BCUT2D eigenvalue weighted by Crippen LogP contribution is 2.25. The fraction of sp³-hybridized carbons (Fsp3) is 0.333. The molecule has 0 N–H and O–H groups in total. The Morgan fingerprint density at radius 2 is 2.08 bits per heavy atom. The zero-order valence-corrected chi connectivity index (χ0v) is 14.1. The van der Waals surface area contributed by atoms with Gasteiger partial charge in [-0.25, -0.2) is 4.98 Å². The summed E-state index contributed by atoms with van der Waals surface area (Å²) in [5.74, 6) is 2.32. The molecule has 0 bridgehead atoms. The molecule has 1 saturated heterocycles. The van der Waals surface area contributed by atoms with Gasteiger partial charge in [-0.15, -0.1) is 0 Å². The number of carbonyl (C=O) groups is 1. The van der Waals surface area contributed by atoms with E-state index in [9.17, 15) is 4.79 Å². The summed E-state index contributed by atoms with van der Waals surface area (Å²) in [5.41, 5.74) is 1.77. The van der Waals surface area contributed by atoms with Gasteiger partial charge in [0, 0.05) is 49.6 Å². The van der Waals surface area contributed by atoms with Crippen LogP contribution in [0.4, 0.5) is 5.69 Å². The van der Waals surface area contributed by atoms with Crippen molar-refractivity contribution in [2.45, 2.75) is 32.7 Å². The van der Waals surface area contributed by atoms with E-state index in [4.69, 9.17) is 4.52 Å². The Kier molecular flexibility index (Phi) is 4.05. The van der Waals surface area contributed by atoms with E-state index in [-0.39, 0.29) is 5.91 Å². The van der Waals surface area contributed by atoms with E-state index in [1.165, 1.54) is 0 Å². The number of nitrogens with zero attached hydrogens (tertiary/aromatic N) is 5. The molecule has 0 atom stereocenters. The highest BCUT2D eigenvalue weighted by atomic mass is 16.5. The zero-order valence-electron chi connectivity index (χ0n) is 14.1. The smallest absolute Gasteiger partial charge is 0.257 e. The van der Waals surface area contributed by atoms with E-state index in [0.29, 0.717) is 24.6 Å². The molecule has 7 heteroatoms.